The van der Waals surface area contributed by atoms with E-state index in [1.807, 2.05) is 24.3 Å². The van der Waals surface area contributed by atoms with Gasteiger partial charge < -0.3 is 8.83 Å². The Labute approximate surface area is 273 Å². The molecule has 0 bridgehead atoms. The zero-order valence-corrected chi connectivity index (χ0v) is 25.4. The first-order valence-electron chi connectivity index (χ1n) is 15.9. The zero-order chi connectivity index (χ0) is 31.9. The van der Waals surface area contributed by atoms with Crippen molar-refractivity contribution in [2.24, 2.45) is 0 Å². The summed E-state index contributed by atoms with van der Waals surface area (Å²) in [5.74, 6) is -0.492. The normalized spacial score (nSPS) is 12.0. The van der Waals surface area contributed by atoms with Gasteiger partial charge in [-0.1, -0.05) is 97.1 Å². The van der Waals surface area contributed by atoms with Crippen molar-refractivity contribution in [3.8, 4) is 55.6 Å². The lowest BCUT2D eigenvalue weighted by Gasteiger charge is -2.22. The fourth-order valence-electron chi connectivity index (χ4n) is 7.35. The second-order valence-electron chi connectivity index (χ2n) is 12.3. The Morgan fingerprint density at radius 2 is 0.667 bits per heavy atom. The van der Waals surface area contributed by atoms with Gasteiger partial charge in [-0.2, -0.15) is 0 Å². The van der Waals surface area contributed by atoms with Gasteiger partial charge in [0.15, 0.2) is 0 Å². The van der Waals surface area contributed by atoms with E-state index in [1.165, 1.54) is 24.3 Å². The minimum atomic E-state index is -0.246. The van der Waals surface area contributed by atoms with Crippen LogP contribution in [0.1, 0.15) is 0 Å². The van der Waals surface area contributed by atoms with Gasteiger partial charge in [-0.05, 0) is 104 Å². The van der Waals surface area contributed by atoms with Crippen molar-refractivity contribution in [2.45, 2.75) is 0 Å². The molecule has 48 heavy (non-hydrogen) atoms. The molecule has 0 aliphatic carbocycles. The van der Waals surface area contributed by atoms with E-state index in [0.717, 1.165) is 99.5 Å². The van der Waals surface area contributed by atoms with Crippen LogP contribution in [0.15, 0.2) is 154 Å². The topological polar surface area (TPSA) is 26.3 Å². The summed E-state index contributed by atoms with van der Waals surface area (Å²) in [5, 5.41) is 4.24. The molecule has 8 aromatic carbocycles. The highest BCUT2D eigenvalue weighted by Crippen LogP contribution is 2.52. The van der Waals surface area contributed by atoms with E-state index in [4.69, 9.17) is 8.83 Å². The maximum Gasteiger partial charge on any atom is 0.136 e. The fourth-order valence-corrected chi connectivity index (χ4v) is 7.35. The van der Waals surface area contributed by atoms with Crippen LogP contribution in [-0.4, -0.2) is 0 Å². The first-order valence-corrected chi connectivity index (χ1v) is 15.9. The molecule has 2 nitrogen and oxygen atoms in total. The third-order valence-electron chi connectivity index (χ3n) is 9.61. The maximum absolute atomic E-state index is 13.5. The molecular weight excluding hydrogens is 598 g/mol. The predicted molar refractivity (Wildman–Crippen MR) is 190 cm³/mol. The van der Waals surface area contributed by atoms with Gasteiger partial charge >= 0.3 is 0 Å². The minimum Gasteiger partial charge on any atom is -0.456 e. The van der Waals surface area contributed by atoms with E-state index in [0.29, 0.717) is 0 Å². The molecule has 0 radical (unpaired) electrons. The lowest BCUT2D eigenvalue weighted by Crippen LogP contribution is -1.97. The Morgan fingerprint density at radius 3 is 1.04 bits per heavy atom. The summed E-state index contributed by atoms with van der Waals surface area (Å²) in [4.78, 5) is 0. The van der Waals surface area contributed by atoms with Crippen LogP contribution in [0.3, 0.4) is 0 Å². The molecule has 8 aromatic rings. The summed E-state index contributed by atoms with van der Waals surface area (Å²) in [6.45, 7) is 0. The average molecular weight is 623 g/mol. The molecule has 0 saturated carbocycles. The molecule has 2 heterocycles. The number of hydrogen-bond acceptors (Lipinski definition) is 2. The smallest absolute Gasteiger partial charge is 0.136 e. The Kier molecular flexibility index (Phi) is 5.67. The van der Waals surface area contributed by atoms with Crippen molar-refractivity contribution in [3.05, 3.63) is 157 Å². The van der Waals surface area contributed by atoms with E-state index < -0.39 is 0 Å². The summed E-state index contributed by atoms with van der Waals surface area (Å²) in [5.41, 5.74) is 13.5. The lowest BCUT2D eigenvalue weighted by molar-refractivity contribution is 0.627. The molecule has 2 aliphatic heterocycles. The molecule has 4 heteroatoms. The monoisotopic (exact) mass is 622 g/mol. The van der Waals surface area contributed by atoms with Crippen LogP contribution in [-0.2, 0) is 0 Å². The second kappa shape index (κ2) is 10.1. The molecule has 0 saturated heterocycles. The molecule has 226 valence electrons. The van der Waals surface area contributed by atoms with Gasteiger partial charge in [0.1, 0.15) is 34.0 Å². The van der Waals surface area contributed by atoms with E-state index >= 15 is 0 Å². The predicted octanol–water partition coefficient (Wildman–Crippen LogP) is 13.0. The van der Waals surface area contributed by atoms with Crippen LogP contribution in [0.4, 0.5) is 8.78 Å². The van der Waals surface area contributed by atoms with E-state index in [2.05, 4.69) is 72.8 Å². The van der Waals surface area contributed by atoms with Crippen molar-refractivity contribution in [2.75, 3.05) is 0 Å². The van der Waals surface area contributed by atoms with Gasteiger partial charge in [-0.3, -0.25) is 0 Å². The Balaban J connectivity index is 1.17. The largest absolute Gasteiger partial charge is 0.456 e. The van der Waals surface area contributed by atoms with Gasteiger partial charge in [-0.15, -0.1) is 0 Å². The van der Waals surface area contributed by atoms with E-state index in [9.17, 15) is 8.78 Å². The maximum atomic E-state index is 13.5. The molecular formula is C44H24F2O2. The number of hydrogen-bond donors (Lipinski definition) is 0. The summed E-state index contributed by atoms with van der Waals surface area (Å²) < 4.78 is 40.6. The molecule has 0 atom stereocenters. The summed E-state index contributed by atoms with van der Waals surface area (Å²) >= 11 is 0. The summed E-state index contributed by atoms with van der Waals surface area (Å²) in [7, 11) is 0. The van der Waals surface area contributed by atoms with Crippen LogP contribution in [0.25, 0.3) is 99.5 Å². The molecule has 10 rings (SSSR count). The lowest BCUT2D eigenvalue weighted by atomic mass is 9.85. The Hall–Kier alpha value is -6.26. The molecule has 0 fully saturated rings. The van der Waals surface area contributed by atoms with E-state index in [1.54, 1.807) is 24.3 Å². The van der Waals surface area contributed by atoms with Gasteiger partial charge in [-0.25, -0.2) is 8.78 Å². The molecule has 0 amide bonds. The Morgan fingerprint density at radius 1 is 0.333 bits per heavy atom. The molecule has 0 N–H and O–H groups in total. The van der Waals surface area contributed by atoms with Gasteiger partial charge in [0.05, 0.1) is 0 Å². The quantitative estimate of drug-likeness (QED) is 0.144. The SMILES string of the molecule is Fc1ccc(-c2ccc(-c3cc4oc5cccc6c(-c7ccc(-c8ccc(F)cc8)cc7)cc7oc8cccc3c8c4-c7c56)cc2)cc1. The summed E-state index contributed by atoms with van der Waals surface area (Å²) in [6.07, 6.45) is 0. The first kappa shape index (κ1) is 26.9. The van der Waals surface area contributed by atoms with Crippen molar-refractivity contribution >= 4 is 43.9 Å². The van der Waals surface area contributed by atoms with Crippen LogP contribution in [0.5, 0.6) is 0 Å². The standard InChI is InChI=1S/C44H24F2O2/c45-31-19-15-27(16-20-31)25-7-11-29(12-8-25)35-23-40-43-41-33(35)3-1-5-37(41)47-39-24-36(34-4-2-6-38(48-40)42(34)44(39)43)30-13-9-26(10-14-30)28-17-21-32(46)22-18-28/h1-24H. The highest BCUT2D eigenvalue weighted by Gasteiger charge is 2.27. The van der Waals surface area contributed by atoms with Crippen molar-refractivity contribution < 1.29 is 17.6 Å². The van der Waals surface area contributed by atoms with Gasteiger partial charge in [0.25, 0.3) is 0 Å². The van der Waals surface area contributed by atoms with Gasteiger partial charge in [0.2, 0.25) is 0 Å². The van der Waals surface area contributed by atoms with Crippen LogP contribution in [0.2, 0.25) is 0 Å². The number of benzene rings is 8. The third-order valence-corrected chi connectivity index (χ3v) is 9.61. The molecule has 0 unspecified atom stereocenters. The minimum absolute atomic E-state index is 0.246. The van der Waals surface area contributed by atoms with Crippen LogP contribution < -0.4 is 0 Å². The molecule has 0 aromatic heterocycles. The summed E-state index contributed by atoms with van der Waals surface area (Å²) in [6, 6.07) is 46.6. The van der Waals surface area contributed by atoms with E-state index in [-0.39, 0.29) is 11.6 Å². The van der Waals surface area contributed by atoms with Crippen LogP contribution >= 0.6 is 0 Å². The molecule has 0 spiro atoms. The number of halogens is 2. The highest BCUT2D eigenvalue weighted by atomic mass is 19.1. The number of rotatable bonds is 4. The zero-order valence-electron chi connectivity index (χ0n) is 25.4. The van der Waals surface area contributed by atoms with Crippen LogP contribution in [0, 0.1) is 11.6 Å². The van der Waals surface area contributed by atoms with Crippen molar-refractivity contribution in [3.63, 3.8) is 0 Å². The third kappa shape index (κ3) is 4.02. The fraction of sp³-hybridized carbons (Fsp3) is 0. The Bertz CT molecular complexity index is 2560. The molecule has 2 aliphatic rings. The highest BCUT2D eigenvalue weighted by molar-refractivity contribution is 6.27. The van der Waals surface area contributed by atoms with Crippen molar-refractivity contribution in [1.82, 2.24) is 0 Å². The van der Waals surface area contributed by atoms with Crippen molar-refractivity contribution in [1.29, 1.82) is 0 Å². The van der Waals surface area contributed by atoms with Gasteiger partial charge in [0, 0.05) is 21.9 Å². The average Bonchev–Trinajstić information content (AvgIpc) is 3.13. The first-order chi connectivity index (χ1) is 23.6. The second-order valence-corrected chi connectivity index (χ2v) is 12.3.